The monoisotopic (exact) mass is 425 g/mol. The maximum absolute atomic E-state index is 13.0. The van der Waals surface area contributed by atoms with Crippen molar-refractivity contribution in [2.24, 2.45) is 5.41 Å². The van der Waals surface area contributed by atoms with Gasteiger partial charge in [-0.2, -0.15) is 0 Å². The van der Waals surface area contributed by atoms with Crippen molar-refractivity contribution in [2.45, 2.75) is 25.8 Å². The molecule has 1 aliphatic rings. The van der Waals surface area contributed by atoms with Gasteiger partial charge in [-0.3, -0.25) is 9.78 Å². The van der Waals surface area contributed by atoms with Crippen molar-refractivity contribution in [3.05, 3.63) is 54.4 Å². The second kappa shape index (κ2) is 11.4. The number of nitrogens with one attached hydrogen (secondary N) is 2. The van der Waals surface area contributed by atoms with Gasteiger partial charge in [-0.15, -0.1) is 24.8 Å². The molecule has 0 saturated carbocycles. The fraction of sp³-hybridized carbons (Fsp3) is 0.429. The molecule has 1 atom stereocenters. The highest BCUT2D eigenvalue weighted by atomic mass is 35.5. The van der Waals surface area contributed by atoms with Gasteiger partial charge in [0, 0.05) is 19.5 Å². The van der Waals surface area contributed by atoms with E-state index in [1.807, 2.05) is 19.1 Å². The lowest BCUT2D eigenvalue weighted by molar-refractivity contribution is -0.136. The highest BCUT2D eigenvalue weighted by molar-refractivity contribution is 5.85. The van der Waals surface area contributed by atoms with Gasteiger partial charge in [-0.1, -0.05) is 24.3 Å². The first-order valence-electron chi connectivity index (χ1n) is 9.16. The molecule has 3 rings (SSSR count). The number of piperidine rings is 1. The van der Waals surface area contributed by atoms with E-state index in [1.165, 1.54) is 0 Å². The van der Waals surface area contributed by atoms with Gasteiger partial charge in [-0.05, 0) is 61.7 Å². The van der Waals surface area contributed by atoms with E-state index < -0.39 is 5.41 Å². The first kappa shape index (κ1) is 24.4. The van der Waals surface area contributed by atoms with Gasteiger partial charge in [0.05, 0.1) is 18.1 Å². The smallest absolute Gasteiger partial charge is 0.229 e. The van der Waals surface area contributed by atoms with Gasteiger partial charge in [0.25, 0.3) is 0 Å². The number of nitrogens with zero attached hydrogens (tertiary/aromatic N) is 1. The lowest BCUT2D eigenvalue weighted by Crippen LogP contribution is -2.50. The van der Waals surface area contributed by atoms with Crippen molar-refractivity contribution in [3.63, 3.8) is 0 Å². The Morgan fingerprint density at radius 1 is 1.11 bits per heavy atom. The maximum Gasteiger partial charge on any atom is 0.229 e. The van der Waals surface area contributed by atoms with Crippen molar-refractivity contribution in [3.8, 4) is 11.1 Å². The summed E-state index contributed by atoms with van der Waals surface area (Å²) in [5.74, 6) is 0.0894. The molecule has 1 saturated heterocycles. The molecule has 154 valence electrons. The van der Waals surface area contributed by atoms with E-state index in [1.54, 1.807) is 19.5 Å². The highest BCUT2D eigenvalue weighted by Crippen LogP contribution is 2.30. The zero-order valence-corrected chi connectivity index (χ0v) is 17.9. The number of amides is 1. The molecule has 2 aromatic rings. The van der Waals surface area contributed by atoms with Crippen LogP contribution in [0.15, 0.2) is 48.8 Å². The summed E-state index contributed by atoms with van der Waals surface area (Å²) in [4.78, 5) is 17.0. The van der Waals surface area contributed by atoms with Crippen LogP contribution in [-0.2, 0) is 9.53 Å². The van der Waals surface area contributed by atoms with Crippen LogP contribution in [0, 0.1) is 5.41 Å². The van der Waals surface area contributed by atoms with E-state index in [4.69, 9.17) is 4.74 Å². The van der Waals surface area contributed by atoms with Gasteiger partial charge < -0.3 is 15.4 Å². The van der Waals surface area contributed by atoms with Gasteiger partial charge in [0.15, 0.2) is 0 Å². The lowest BCUT2D eigenvalue weighted by atomic mass is 9.78. The van der Waals surface area contributed by atoms with E-state index >= 15 is 0 Å². The van der Waals surface area contributed by atoms with Crippen LogP contribution in [-0.4, -0.2) is 37.7 Å². The fourth-order valence-electron chi connectivity index (χ4n) is 3.56. The molecule has 7 heteroatoms. The number of carbonyl (C=O) groups excluding carboxylic acids is 1. The fourth-order valence-corrected chi connectivity index (χ4v) is 3.56. The Morgan fingerprint density at radius 3 is 2.25 bits per heavy atom. The minimum Gasteiger partial charge on any atom is -0.384 e. The third-order valence-electron chi connectivity index (χ3n) is 5.23. The SMILES string of the molecule is COCC1(C(=O)NC(C)c2ccc(-c3ccncc3)cc2)CCNCC1.Cl.Cl. The minimum absolute atomic E-state index is 0. The van der Waals surface area contributed by atoms with Crippen LogP contribution in [0.3, 0.4) is 0 Å². The molecule has 2 N–H and O–H groups in total. The number of carbonyl (C=O) groups is 1. The Balaban J connectivity index is 0.00000196. The zero-order valence-electron chi connectivity index (χ0n) is 16.3. The number of methoxy groups -OCH3 is 1. The summed E-state index contributed by atoms with van der Waals surface area (Å²) in [7, 11) is 1.66. The average Bonchev–Trinajstić information content (AvgIpc) is 2.69. The van der Waals surface area contributed by atoms with Crippen LogP contribution in [0.1, 0.15) is 31.4 Å². The van der Waals surface area contributed by atoms with E-state index in [0.717, 1.165) is 42.6 Å². The normalized spacial score (nSPS) is 16.2. The van der Waals surface area contributed by atoms with E-state index in [9.17, 15) is 4.79 Å². The summed E-state index contributed by atoms with van der Waals surface area (Å²) >= 11 is 0. The molecule has 1 fully saturated rings. The topological polar surface area (TPSA) is 63.2 Å². The summed E-state index contributed by atoms with van der Waals surface area (Å²) in [5.41, 5.74) is 2.95. The predicted octanol–water partition coefficient (Wildman–Crippen LogP) is 3.79. The van der Waals surface area contributed by atoms with Crippen LogP contribution in [0.4, 0.5) is 0 Å². The lowest BCUT2D eigenvalue weighted by Gasteiger charge is -2.36. The van der Waals surface area contributed by atoms with Crippen LogP contribution < -0.4 is 10.6 Å². The number of pyridine rings is 1. The molecule has 5 nitrogen and oxygen atoms in total. The first-order chi connectivity index (χ1) is 12.6. The van der Waals surface area contributed by atoms with E-state index in [-0.39, 0.29) is 36.8 Å². The Hall–Kier alpha value is -1.66. The molecule has 1 aliphatic heterocycles. The van der Waals surface area contributed by atoms with E-state index in [2.05, 4.69) is 39.9 Å². The molecule has 0 bridgehead atoms. The van der Waals surface area contributed by atoms with Gasteiger partial charge >= 0.3 is 0 Å². The quantitative estimate of drug-likeness (QED) is 0.738. The summed E-state index contributed by atoms with van der Waals surface area (Å²) in [5, 5.41) is 6.51. The minimum atomic E-state index is -0.425. The Bertz CT molecular complexity index is 715. The van der Waals surface area contributed by atoms with Gasteiger partial charge in [-0.25, -0.2) is 0 Å². The summed E-state index contributed by atoms with van der Waals surface area (Å²) in [6, 6.07) is 12.3. The van der Waals surface area contributed by atoms with Crippen molar-refractivity contribution < 1.29 is 9.53 Å². The Morgan fingerprint density at radius 2 is 1.68 bits per heavy atom. The molecule has 1 aromatic heterocycles. The van der Waals surface area contributed by atoms with Gasteiger partial charge in [0.1, 0.15) is 0 Å². The second-order valence-electron chi connectivity index (χ2n) is 7.02. The largest absolute Gasteiger partial charge is 0.384 e. The number of aromatic nitrogens is 1. The molecular weight excluding hydrogens is 397 g/mol. The Labute approximate surface area is 179 Å². The van der Waals surface area contributed by atoms with Crippen molar-refractivity contribution >= 4 is 30.7 Å². The van der Waals surface area contributed by atoms with Crippen LogP contribution >= 0.6 is 24.8 Å². The maximum atomic E-state index is 13.0. The van der Waals surface area contributed by atoms with Crippen molar-refractivity contribution in [1.29, 1.82) is 0 Å². The van der Waals surface area contributed by atoms with Crippen LogP contribution in [0.25, 0.3) is 11.1 Å². The number of ether oxygens (including phenoxy) is 1. The number of halogens is 2. The van der Waals surface area contributed by atoms with E-state index in [0.29, 0.717) is 6.61 Å². The number of benzene rings is 1. The highest BCUT2D eigenvalue weighted by Gasteiger charge is 2.40. The average molecular weight is 426 g/mol. The summed E-state index contributed by atoms with van der Waals surface area (Å²) < 4.78 is 5.36. The van der Waals surface area contributed by atoms with Crippen LogP contribution in [0.2, 0.25) is 0 Å². The number of hydrogen-bond acceptors (Lipinski definition) is 4. The molecule has 0 radical (unpaired) electrons. The summed E-state index contributed by atoms with van der Waals surface area (Å²) in [6.45, 7) is 4.20. The van der Waals surface area contributed by atoms with Crippen molar-refractivity contribution in [1.82, 2.24) is 15.6 Å². The molecule has 0 spiro atoms. The summed E-state index contributed by atoms with van der Waals surface area (Å²) in [6.07, 6.45) is 5.20. The Kier molecular flexibility index (Phi) is 9.90. The standard InChI is InChI=1S/C21H27N3O2.2ClH/c1-16(24-20(25)21(15-26-2)9-13-23-14-10-21)17-3-5-18(6-4-17)19-7-11-22-12-8-19;;/h3-8,11-12,16,23H,9-10,13-15H2,1-2H3,(H,24,25);2*1H. The number of rotatable bonds is 6. The third kappa shape index (κ3) is 5.67. The molecule has 2 heterocycles. The van der Waals surface area contributed by atoms with Gasteiger partial charge in [0.2, 0.25) is 5.91 Å². The zero-order chi connectivity index (χ0) is 18.4. The molecule has 0 aliphatic carbocycles. The molecule has 1 amide bonds. The molecule has 1 unspecified atom stereocenters. The first-order valence-corrected chi connectivity index (χ1v) is 9.16. The third-order valence-corrected chi connectivity index (χ3v) is 5.23. The van der Waals surface area contributed by atoms with Crippen LogP contribution in [0.5, 0.6) is 0 Å². The molecule has 1 aromatic carbocycles. The molecule has 28 heavy (non-hydrogen) atoms. The number of hydrogen-bond donors (Lipinski definition) is 2. The predicted molar refractivity (Wildman–Crippen MR) is 117 cm³/mol. The van der Waals surface area contributed by atoms with Crippen molar-refractivity contribution in [2.75, 3.05) is 26.8 Å². The second-order valence-corrected chi connectivity index (χ2v) is 7.02. The molecular formula is C21H29Cl2N3O2.